The fourth-order valence-corrected chi connectivity index (χ4v) is 4.66. The standard InChI is InChI=1S/C27H30N4O3/c1-15(2)34-26(32)23-19(6)28-27(33)29-24(23)21-14-31(20-10-8-7-9-11-20)30-25(21)22-17(4)12-16(3)13-18(22)5/h7-15,23-24H,1-6H3,(H,29,33). The summed E-state index contributed by atoms with van der Waals surface area (Å²) in [5.41, 5.74) is 7.07. The smallest absolute Gasteiger partial charge is 0.341 e. The molecule has 2 amide bonds. The van der Waals surface area contributed by atoms with Crippen LogP contribution in [0.4, 0.5) is 4.79 Å². The summed E-state index contributed by atoms with van der Waals surface area (Å²) in [6, 6.07) is 12.9. The first kappa shape index (κ1) is 23.4. The van der Waals surface area contributed by atoms with Gasteiger partial charge >= 0.3 is 12.0 Å². The summed E-state index contributed by atoms with van der Waals surface area (Å²) in [6.07, 6.45) is 1.61. The second-order valence-corrected chi connectivity index (χ2v) is 9.13. The Kier molecular flexibility index (Phi) is 6.37. The number of ether oxygens (including phenoxy) is 1. The predicted molar refractivity (Wildman–Crippen MR) is 132 cm³/mol. The molecular weight excluding hydrogens is 428 g/mol. The third-order valence-electron chi connectivity index (χ3n) is 5.96. The van der Waals surface area contributed by atoms with Crippen LogP contribution in [0.25, 0.3) is 16.9 Å². The lowest BCUT2D eigenvalue weighted by atomic mass is 9.85. The van der Waals surface area contributed by atoms with Crippen molar-refractivity contribution >= 4 is 17.7 Å². The van der Waals surface area contributed by atoms with Gasteiger partial charge in [-0.3, -0.25) is 4.79 Å². The summed E-state index contributed by atoms with van der Waals surface area (Å²) in [7, 11) is 0. The van der Waals surface area contributed by atoms with Gasteiger partial charge in [0.1, 0.15) is 5.92 Å². The van der Waals surface area contributed by atoms with Gasteiger partial charge in [-0.2, -0.15) is 5.10 Å². The monoisotopic (exact) mass is 458 g/mol. The number of para-hydroxylation sites is 1. The number of amides is 2. The van der Waals surface area contributed by atoms with E-state index in [1.807, 2.05) is 36.5 Å². The number of aryl methyl sites for hydroxylation is 3. The molecule has 34 heavy (non-hydrogen) atoms. The van der Waals surface area contributed by atoms with E-state index < -0.39 is 24.0 Å². The van der Waals surface area contributed by atoms with Gasteiger partial charge in [0, 0.05) is 23.0 Å². The van der Waals surface area contributed by atoms with E-state index in [0.717, 1.165) is 39.2 Å². The van der Waals surface area contributed by atoms with Gasteiger partial charge in [-0.05, 0) is 64.8 Å². The fraction of sp³-hybridized carbons (Fsp3) is 0.333. The highest BCUT2D eigenvalue weighted by molar-refractivity contribution is 6.08. The topological polar surface area (TPSA) is 85.6 Å². The number of hydrogen-bond acceptors (Lipinski definition) is 4. The fourth-order valence-electron chi connectivity index (χ4n) is 4.66. The molecule has 0 saturated heterocycles. The van der Waals surface area contributed by atoms with Crippen molar-refractivity contribution < 1.29 is 14.3 Å². The van der Waals surface area contributed by atoms with Gasteiger partial charge in [0.25, 0.3) is 0 Å². The average Bonchev–Trinajstić information content (AvgIpc) is 3.17. The maximum Gasteiger partial charge on any atom is 0.341 e. The van der Waals surface area contributed by atoms with Crippen LogP contribution in [0.2, 0.25) is 0 Å². The highest BCUT2D eigenvalue weighted by Crippen LogP contribution is 2.38. The van der Waals surface area contributed by atoms with Crippen LogP contribution < -0.4 is 5.32 Å². The van der Waals surface area contributed by atoms with Crippen LogP contribution in [0, 0.1) is 26.7 Å². The molecule has 0 saturated carbocycles. The minimum Gasteiger partial charge on any atom is -0.462 e. The summed E-state index contributed by atoms with van der Waals surface area (Å²) in [5, 5.41) is 7.87. The first-order valence-electron chi connectivity index (χ1n) is 11.4. The molecule has 1 N–H and O–H groups in total. The minimum atomic E-state index is -0.752. The molecule has 0 fully saturated rings. The van der Waals surface area contributed by atoms with Gasteiger partial charge in [0.2, 0.25) is 0 Å². The largest absolute Gasteiger partial charge is 0.462 e. The molecule has 0 radical (unpaired) electrons. The molecule has 1 aromatic heterocycles. The molecule has 0 aliphatic carbocycles. The number of nitrogens with one attached hydrogen (secondary N) is 1. The third kappa shape index (κ3) is 4.51. The van der Waals surface area contributed by atoms with Crippen molar-refractivity contribution in [2.45, 2.75) is 53.7 Å². The van der Waals surface area contributed by atoms with Gasteiger partial charge in [0.15, 0.2) is 0 Å². The predicted octanol–water partition coefficient (Wildman–Crippen LogP) is 5.26. The molecule has 0 bridgehead atoms. The summed E-state index contributed by atoms with van der Waals surface area (Å²) >= 11 is 0. The quantitative estimate of drug-likeness (QED) is 0.529. The van der Waals surface area contributed by atoms with Crippen molar-refractivity contribution in [3.63, 3.8) is 0 Å². The Balaban J connectivity index is 1.94. The second-order valence-electron chi connectivity index (χ2n) is 9.13. The van der Waals surface area contributed by atoms with Gasteiger partial charge < -0.3 is 10.1 Å². The Labute approximate surface area is 199 Å². The van der Waals surface area contributed by atoms with Crippen LogP contribution in [-0.4, -0.2) is 33.6 Å². The van der Waals surface area contributed by atoms with Crippen LogP contribution in [0.5, 0.6) is 0 Å². The van der Waals surface area contributed by atoms with E-state index in [1.165, 1.54) is 0 Å². The Hall–Kier alpha value is -3.74. The molecule has 3 aromatic rings. The lowest BCUT2D eigenvalue weighted by Gasteiger charge is -2.30. The number of hydrogen-bond donors (Lipinski definition) is 1. The number of aliphatic imine (C=N–C) groups is 1. The van der Waals surface area contributed by atoms with E-state index in [-0.39, 0.29) is 6.10 Å². The zero-order chi connectivity index (χ0) is 24.6. The molecular formula is C27H30N4O3. The molecule has 7 heteroatoms. The normalized spacial score (nSPS) is 18.0. The van der Waals surface area contributed by atoms with Gasteiger partial charge in [-0.25, -0.2) is 14.5 Å². The summed E-state index contributed by atoms with van der Waals surface area (Å²) in [5.74, 6) is -1.17. The zero-order valence-electron chi connectivity index (χ0n) is 20.4. The Morgan fingerprint density at radius 3 is 2.32 bits per heavy atom. The minimum absolute atomic E-state index is 0.285. The SMILES string of the molecule is CC1=NC(=O)NC(c2cn(-c3ccccc3)nc2-c2c(C)cc(C)cc2C)C1C(=O)OC(C)C. The highest BCUT2D eigenvalue weighted by atomic mass is 16.5. The van der Waals surface area contributed by atoms with E-state index in [2.05, 4.69) is 43.2 Å². The summed E-state index contributed by atoms with van der Waals surface area (Å²) < 4.78 is 7.34. The van der Waals surface area contributed by atoms with E-state index in [0.29, 0.717) is 5.71 Å². The number of esters is 1. The number of nitrogens with zero attached hydrogens (tertiary/aromatic N) is 3. The van der Waals surface area contributed by atoms with E-state index in [9.17, 15) is 9.59 Å². The van der Waals surface area contributed by atoms with Gasteiger partial charge in [-0.1, -0.05) is 35.9 Å². The number of rotatable bonds is 5. The first-order valence-corrected chi connectivity index (χ1v) is 11.4. The first-order chi connectivity index (χ1) is 16.2. The molecule has 2 atom stereocenters. The molecule has 176 valence electrons. The van der Waals surface area contributed by atoms with Crippen molar-refractivity contribution in [1.82, 2.24) is 15.1 Å². The maximum absolute atomic E-state index is 13.1. The van der Waals surface area contributed by atoms with Crippen LogP contribution >= 0.6 is 0 Å². The van der Waals surface area contributed by atoms with Crippen molar-refractivity contribution in [3.05, 3.63) is 70.9 Å². The Morgan fingerprint density at radius 2 is 1.71 bits per heavy atom. The second kappa shape index (κ2) is 9.25. The van der Waals surface area contributed by atoms with Crippen LogP contribution in [-0.2, 0) is 9.53 Å². The third-order valence-corrected chi connectivity index (χ3v) is 5.96. The van der Waals surface area contributed by atoms with Gasteiger partial charge in [-0.15, -0.1) is 0 Å². The maximum atomic E-state index is 13.1. The molecule has 2 heterocycles. The lowest BCUT2D eigenvalue weighted by Crippen LogP contribution is -2.44. The van der Waals surface area contributed by atoms with E-state index >= 15 is 0 Å². The van der Waals surface area contributed by atoms with Crippen molar-refractivity contribution in [2.24, 2.45) is 10.9 Å². The Bertz CT molecular complexity index is 1250. The molecule has 1 aliphatic rings. The molecule has 2 aromatic carbocycles. The zero-order valence-corrected chi connectivity index (χ0v) is 20.4. The van der Waals surface area contributed by atoms with E-state index in [1.54, 1.807) is 25.5 Å². The molecule has 2 unspecified atom stereocenters. The van der Waals surface area contributed by atoms with Crippen molar-refractivity contribution in [3.8, 4) is 16.9 Å². The number of urea groups is 1. The molecule has 4 rings (SSSR count). The number of carbonyl (C=O) groups excluding carboxylic acids is 2. The molecule has 7 nitrogen and oxygen atoms in total. The lowest BCUT2D eigenvalue weighted by molar-refractivity contribution is -0.150. The number of benzene rings is 2. The number of aromatic nitrogens is 2. The molecule has 1 aliphatic heterocycles. The highest BCUT2D eigenvalue weighted by Gasteiger charge is 2.40. The summed E-state index contributed by atoms with van der Waals surface area (Å²) in [4.78, 5) is 29.6. The van der Waals surface area contributed by atoms with Crippen molar-refractivity contribution in [2.75, 3.05) is 0 Å². The van der Waals surface area contributed by atoms with Crippen molar-refractivity contribution in [1.29, 1.82) is 0 Å². The van der Waals surface area contributed by atoms with E-state index in [4.69, 9.17) is 9.84 Å². The molecule has 0 spiro atoms. The van der Waals surface area contributed by atoms with Crippen LogP contribution in [0.3, 0.4) is 0 Å². The number of carbonyl (C=O) groups is 2. The summed E-state index contributed by atoms with van der Waals surface area (Å²) in [6.45, 7) is 11.5. The van der Waals surface area contributed by atoms with Crippen LogP contribution in [0.15, 0.2) is 53.7 Å². The Morgan fingerprint density at radius 1 is 1.06 bits per heavy atom. The van der Waals surface area contributed by atoms with Crippen LogP contribution in [0.1, 0.15) is 49.1 Å². The van der Waals surface area contributed by atoms with Gasteiger partial charge in [0.05, 0.1) is 23.5 Å². The average molecular weight is 459 g/mol.